The van der Waals surface area contributed by atoms with Crippen LogP contribution in [0.15, 0.2) is 66.1 Å². The first-order chi connectivity index (χ1) is 23.8. The summed E-state index contributed by atoms with van der Waals surface area (Å²) >= 11 is 0. The highest BCUT2D eigenvalue weighted by atomic mass is 15.2. The van der Waals surface area contributed by atoms with Gasteiger partial charge in [-0.3, -0.25) is 9.98 Å². The molecule has 4 aliphatic rings. The molecule has 3 heterocycles. The number of anilines is 1. The minimum absolute atomic E-state index is 0.579. The quantitative estimate of drug-likeness (QED) is 0.219. The van der Waals surface area contributed by atoms with Gasteiger partial charge in [-0.2, -0.15) is 0 Å². The number of pyridine rings is 2. The van der Waals surface area contributed by atoms with Gasteiger partial charge in [0.05, 0.1) is 5.70 Å². The Morgan fingerprint density at radius 2 is 1.67 bits per heavy atom. The summed E-state index contributed by atoms with van der Waals surface area (Å²) in [7, 11) is 0. The van der Waals surface area contributed by atoms with Crippen molar-refractivity contribution in [1.29, 1.82) is 0 Å². The fourth-order valence-electron chi connectivity index (χ4n) is 7.74. The Balaban J connectivity index is 0.000000409. The molecule has 3 fully saturated rings. The van der Waals surface area contributed by atoms with Crippen LogP contribution in [0.25, 0.3) is 5.70 Å². The Morgan fingerprint density at radius 1 is 0.939 bits per heavy atom. The Labute approximate surface area is 298 Å². The number of aliphatic imine (C=N–C) groups is 1. The van der Waals surface area contributed by atoms with Crippen LogP contribution >= 0.6 is 0 Å². The normalized spacial score (nSPS) is 21.6. The van der Waals surface area contributed by atoms with Crippen molar-refractivity contribution in [2.24, 2.45) is 28.7 Å². The molecule has 0 saturated heterocycles. The van der Waals surface area contributed by atoms with E-state index in [9.17, 15) is 0 Å². The SMILES string of the molecule is C=C(C1CCCCC1)N(CC1CCC(c2ccc(CC)c(C)n2)CC1)c1cc(C2=CCC(C3CC3)=N2)ccn1.C=C(CC)NCC(C)CC. The van der Waals surface area contributed by atoms with Gasteiger partial charge in [0.25, 0.3) is 0 Å². The average Bonchev–Trinajstić information content (AvgIpc) is 3.88. The van der Waals surface area contributed by atoms with Crippen LogP contribution in [0.5, 0.6) is 0 Å². The summed E-state index contributed by atoms with van der Waals surface area (Å²) in [6.07, 6.45) is 22.8. The second-order valence-corrected chi connectivity index (χ2v) is 15.4. The maximum absolute atomic E-state index is 5.03. The van der Waals surface area contributed by atoms with Crippen LogP contribution in [0, 0.1) is 30.6 Å². The standard InChI is InChI=1S/C35H46N4.C9H19N/c1-4-27-16-17-32(37-24(27)2)29-12-10-26(11-13-29)23-39(25(3)28-8-6-5-7-9-28)35-22-31(20-21-36-35)34-19-18-33(38-34)30-14-15-30;1-5-8(3)7-10-9(4)6-2/h16-17,19-22,26,28-30H,3-15,18,23H2,1-2H3;8,10H,4-7H2,1-3H3. The van der Waals surface area contributed by atoms with Gasteiger partial charge in [0, 0.05) is 65.7 Å². The molecular weight excluding hydrogens is 599 g/mol. The van der Waals surface area contributed by atoms with Crippen molar-refractivity contribution in [3.8, 4) is 0 Å². The number of aromatic nitrogens is 2. The van der Waals surface area contributed by atoms with Crippen molar-refractivity contribution in [2.75, 3.05) is 18.0 Å². The summed E-state index contributed by atoms with van der Waals surface area (Å²) < 4.78 is 0. The first kappa shape index (κ1) is 37.1. The lowest BCUT2D eigenvalue weighted by Gasteiger charge is -2.37. The Hall–Kier alpha value is -3.21. The van der Waals surface area contributed by atoms with Crippen molar-refractivity contribution in [3.63, 3.8) is 0 Å². The summed E-state index contributed by atoms with van der Waals surface area (Å²) in [6.45, 7) is 21.6. The van der Waals surface area contributed by atoms with Gasteiger partial charge < -0.3 is 10.2 Å². The van der Waals surface area contributed by atoms with Crippen molar-refractivity contribution in [1.82, 2.24) is 15.3 Å². The van der Waals surface area contributed by atoms with Crippen molar-refractivity contribution < 1.29 is 0 Å². The predicted molar refractivity (Wildman–Crippen MR) is 210 cm³/mol. The summed E-state index contributed by atoms with van der Waals surface area (Å²) in [5.41, 5.74) is 10.1. The largest absolute Gasteiger partial charge is 0.389 e. The van der Waals surface area contributed by atoms with Crippen LogP contribution in [0.1, 0.15) is 146 Å². The summed E-state index contributed by atoms with van der Waals surface area (Å²) in [5, 5.41) is 3.29. The molecule has 266 valence electrons. The van der Waals surface area contributed by atoms with Gasteiger partial charge in [-0.05, 0) is 119 Å². The molecule has 0 radical (unpaired) electrons. The molecule has 5 heteroatoms. The van der Waals surface area contributed by atoms with Crippen LogP contribution in [0.2, 0.25) is 0 Å². The summed E-state index contributed by atoms with van der Waals surface area (Å²) in [6, 6.07) is 9.01. The molecule has 1 N–H and O–H groups in total. The van der Waals surface area contributed by atoms with E-state index in [1.165, 1.54) is 111 Å². The van der Waals surface area contributed by atoms with E-state index >= 15 is 0 Å². The third-order valence-electron chi connectivity index (χ3n) is 11.7. The molecular formula is C44H65N5. The number of rotatable bonds is 14. The molecule has 0 amide bonds. The van der Waals surface area contributed by atoms with Gasteiger partial charge in [-0.1, -0.05) is 78.7 Å². The highest BCUT2D eigenvalue weighted by Crippen LogP contribution is 2.40. The second kappa shape index (κ2) is 18.2. The number of aryl methyl sites for hydroxylation is 2. The Kier molecular flexibility index (Phi) is 13.7. The molecule has 1 aliphatic heterocycles. The van der Waals surface area contributed by atoms with Crippen LogP contribution in [-0.2, 0) is 6.42 Å². The Morgan fingerprint density at radius 3 is 2.33 bits per heavy atom. The molecule has 2 aromatic heterocycles. The third-order valence-corrected chi connectivity index (χ3v) is 11.7. The van der Waals surface area contributed by atoms with E-state index in [0.29, 0.717) is 17.8 Å². The first-order valence-electron chi connectivity index (χ1n) is 19.9. The predicted octanol–water partition coefficient (Wildman–Crippen LogP) is 11.4. The van der Waals surface area contributed by atoms with E-state index in [4.69, 9.17) is 21.5 Å². The summed E-state index contributed by atoms with van der Waals surface area (Å²) in [5.74, 6) is 4.40. The van der Waals surface area contributed by atoms with Gasteiger partial charge in [0.15, 0.2) is 0 Å². The Bertz CT molecular complexity index is 1450. The fraction of sp³-hybridized carbons (Fsp3) is 0.614. The van der Waals surface area contributed by atoms with E-state index in [1.807, 2.05) is 6.20 Å². The monoisotopic (exact) mass is 664 g/mol. The minimum Gasteiger partial charge on any atom is -0.389 e. The molecule has 49 heavy (non-hydrogen) atoms. The molecule has 3 saturated carbocycles. The zero-order chi connectivity index (χ0) is 34.8. The van der Waals surface area contributed by atoms with Crippen LogP contribution in [-0.4, -0.2) is 28.8 Å². The number of hydrogen-bond acceptors (Lipinski definition) is 5. The molecule has 1 unspecified atom stereocenters. The van der Waals surface area contributed by atoms with Gasteiger partial charge in [0.1, 0.15) is 5.82 Å². The highest BCUT2D eigenvalue weighted by molar-refractivity contribution is 5.98. The molecule has 6 rings (SSSR count). The van der Waals surface area contributed by atoms with E-state index in [0.717, 1.165) is 61.4 Å². The molecule has 2 aromatic rings. The first-order valence-corrected chi connectivity index (χ1v) is 19.9. The van der Waals surface area contributed by atoms with Gasteiger partial charge in [0.2, 0.25) is 0 Å². The molecule has 3 aliphatic carbocycles. The van der Waals surface area contributed by atoms with Crippen LogP contribution in [0.4, 0.5) is 5.82 Å². The zero-order valence-corrected chi connectivity index (χ0v) is 31.6. The molecule has 0 aromatic carbocycles. The fourth-order valence-corrected chi connectivity index (χ4v) is 7.74. The summed E-state index contributed by atoms with van der Waals surface area (Å²) in [4.78, 5) is 17.5. The van der Waals surface area contributed by atoms with Gasteiger partial charge in [-0.25, -0.2) is 4.98 Å². The zero-order valence-electron chi connectivity index (χ0n) is 31.6. The van der Waals surface area contributed by atoms with E-state index in [2.05, 4.69) is 81.8 Å². The number of nitrogens with zero attached hydrogens (tertiary/aromatic N) is 4. The maximum Gasteiger partial charge on any atom is 0.133 e. The van der Waals surface area contributed by atoms with Crippen LogP contribution < -0.4 is 10.2 Å². The molecule has 1 atom stereocenters. The molecule has 0 bridgehead atoms. The average molecular weight is 664 g/mol. The van der Waals surface area contributed by atoms with E-state index < -0.39 is 0 Å². The highest BCUT2D eigenvalue weighted by Gasteiger charge is 2.31. The minimum atomic E-state index is 0.579. The number of hydrogen-bond donors (Lipinski definition) is 1. The van der Waals surface area contributed by atoms with Gasteiger partial charge >= 0.3 is 0 Å². The topological polar surface area (TPSA) is 53.4 Å². The third kappa shape index (κ3) is 10.4. The van der Waals surface area contributed by atoms with Crippen molar-refractivity contribution >= 4 is 17.2 Å². The maximum atomic E-state index is 5.03. The molecule has 0 spiro atoms. The lowest BCUT2D eigenvalue weighted by molar-refractivity contribution is 0.320. The molecule has 5 nitrogen and oxygen atoms in total. The van der Waals surface area contributed by atoms with Gasteiger partial charge in [-0.15, -0.1) is 0 Å². The van der Waals surface area contributed by atoms with Crippen LogP contribution in [0.3, 0.4) is 0 Å². The van der Waals surface area contributed by atoms with Crippen molar-refractivity contribution in [2.45, 2.75) is 137 Å². The number of allylic oxidation sites excluding steroid dienone is 3. The van der Waals surface area contributed by atoms with E-state index in [1.54, 1.807) is 0 Å². The lowest BCUT2D eigenvalue weighted by Crippen LogP contribution is -2.34. The smallest absolute Gasteiger partial charge is 0.133 e. The van der Waals surface area contributed by atoms with E-state index in [-0.39, 0.29) is 0 Å². The second-order valence-electron chi connectivity index (χ2n) is 15.4. The number of nitrogens with one attached hydrogen (secondary N) is 1. The van der Waals surface area contributed by atoms with Crippen molar-refractivity contribution in [3.05, 3.63) is 83.6 Å². The lowest BCUT2D eigenvalue weighted by atomic mass is 9.79.